The van der Waals surface area contributed by atoms with Gasteiger partial charge in [0.05, 0.1) is 4.92 Å². The molecule has 1 aromatic carbocycles. The van der Waals surface area contributed by atoms with Crippen molar-refractivity contribution < 1.29 is 29.5 Å². The second-order valence-corrected chi connectivity index (χ2v) is 11.9. The molecule has 0 bridgehead atoms. The first-order valence-corrected chi connectivity index (χ1v) is 12.9. The molecule has 0 aromatic heterocycles. The van der Waals surface area contributed by atoms with E-state index in [9.17, 15) is 34.7 Å². The number of carbonyl (C=O) groups is 3. The number of fused-ring (bicyclic) bond motifs is 5. The standard InChI is InChI=1S/C28H33NO7/c1-14(30)21-6-7-22-18-5-4-15-10-16(31)13-24(28(15,3)23(18)8-9-27(21,22)2)19-11-17(32)12-20(26(33)34)25(19)29(35)36/h10-12,18,21-24,32H,4-9,13H2,1-3H3,(H,33,34)/t18-,21+,22-,23-,24?,27+,28+/m0/s1. The molecule has 8 heteroatoms. The van der Waals surface area contributed by atoms with Crippen LogP contribution in [-0.4, -0.2) is 32.7 Å². The summed E-state index contributed by atoms with van der Waals surface area (Å²) in [7, 11) is 0. The predicted octanol–water partition coefficient (Wildman–Crippen LogP) is 5.43. The molecule has 192 valence electrons. The molecule has 2 N–H and O–H groups in total. The van der Waals surface area contributed by atoms with Gasteiger partial charge in [0.2, 0.25) is 0 Å². The van der Waals surface area contributed by atoms with E-state index in [-0.39, 0.29) is 46.6 Å². The number of rotatable bonds is 4. The summed E-state index contributed by atoms with van der Waals surface area (Å²) in [6.45, 7) is 6.03. The minimum atomic E-state index is -1.49. The molecule has 5 rings (SSSR count). The minimum absolute atomic E-state index is 0.0323. The molecule has 1 unspecified atom stereocenters. The fourth-order valence-electron chi connectivity index (χ4n) is 9.01. The van der Waals surface area contributed by atoms with E-state index in [2.05, 4.69) is 13.8 Å². The van der Waals surface area contributed by atoms with Gasteiger partial charge in [0.1, 0.15) is 17.1 Å². The monoisotopic (exact) mass is 495 g/mol. The zero-order valence-corrected chi connectivity index (χ0v) is 21.0. The second-order valence-electron chi connectivity index (χ2n) is 11.9. The van der Waals surface area contributed by atoms with Gasteiger partial charge in [-0.25, -0.2) is 4.79 Å². The molecule has 3 fully saturated rings. The summed E-state index contributed by atoms with van der Waals surface area (Å²) in [5.74, 6) is -1.44. The van der Waals surface area contributed by atoms with Crippen LogP contribution >= 0.6 is 0 Å². The van der Waals surface area contributed by atoms with E-state index in [1.54, 1.807) is 13.0 Å². The van der Waals surface area contributed by atoms with E-state index in [0.717, 1.165) is 43.7 Å². The third-order valence-electron chi connectivity index (χ3n) is 10.5. The molecule has 0 amide bonds. The van der Waals surface area contributed by atoms with Crippen molar-refractivity contribution in [1.29, 1.82) is 0 Å². The zero-order valence-electron chi connectivity index (χ0n) is 21.0. The van der Waals surface area contributed by atoms with Crippen LogP contribution in [-0.2, 0) is 9.59 Å². The number of nitro groups is 1. The number of phenolic OH excluding ortho intramolecular Hbond substituents is 1. The number of nitrogens with zero attached hydrogens (tertiary/aromatic N) is 1. The van der Waals surface area contributed by atoms with Crippen LogP contribution in [0.4, 0.5) is 5.69 Å². The van der Waals surface area contributed by atoms with Crippen LogP contribution in [0.25, 0.3) is 0 Å². The fraction of sp³-hybridized carbons (Fsp3) is 0.607. The number of benzene rings is 1. The first-order valence-electron chi connectivity index (χ1n) is 12.9. The van der Waals surface area contributed by atoms with Gasteiger partial charge in [-0.05, 0) is 86.2 Å². The largest absolute Gasteiger partial charge is 0.508 e. The second kappa shape index (κ2) is 8.25. The summed E-state index contributed by atoms with van der Waals surface area (Å²) in [5.41, 5.74) is -0.643. The number of aromatic carboxylic acids is 1. The first-order chi connectivity index (χ1) is 16.9. The van der Waals surface area contributed by atoms with E-state index in [0.29, 0.717) is 18.3 Å². The number of Topliss-reactive ketones (excluding diaryl/α,β-unsaturated/α-hetero) is 1. The van der Waals surface area contributed by atoms with Crippen molar-refractivity contribution >= 4 is 23.2 Å². The van der Waals surface area contributed by atoms with Gasteiger partial charge in [-0.2, -0.15) is 0 Å². The first kappa shape index (κ1) is 24.7. The Morgan fingerprint density at radius 1 is 1.11 bits per heavy atom. The van der Waals surface area contributed by atoms with Crippen LogP contribution in [0, 0.1) is 44.6 Å². The fourth-order valence-corrected chi connectivity index (χ4v) is 9.01. The topological polar surface area (TPSA) is 135 Å². The van der Waals surface area contributed by atoms with Gasteiger partial charge < -0.3 is 10.2 Å². The predicted molar refractivity (Wildman–Crippen MR) is 131 cm³/mol. The van der Waals surface area contributed by atoms with Gasteiger partial charge in [-0.15, -0.1) is 0 Å². The van der Waals surface area contributed by atoms with Crippen molar-refractivity contribution in [3.05, 3.63) is 45.0 Å². The smallest absolute Gasteiger partial charge is 0.342 e. The summed E-state index contributed by atoms with van der Waals surface area (Å²) in [4.78, 5) is 48.7. The van der Waals surface area contributed by atoms with Gasteiger partial charge in [-0.3, -0.25) is 19.7 Å². The molecule has 0 saturated heterocycles. The average molecular weight is 496 g/mol. The number of carbonyl (C=O) groups excluding carboxylic acids is 2. The lowest BCUT2D eigenvalue weighted by Gasteiger charge is -2.60. The number of aromatic hydroxyl groups is 1. The molecule has 0 spiro atoms. The number of ketones is 2. The summed E-state index contributed by atoms with van der Waals surface area (Å²) in [6, 6.07) is 2.19. The number of nitro benzene ring substituents is 1. The highest BCUT2D eigenvalue weighted by Crippen LogP contribution is 2.69. The summed E-state index contributed by atoms with van der Waals surface area (Å²) < 4.78 is 0. The molecule has 8 nitrogen and oxygen atoms in total. The van der Waals surface area contributed by atoms with E-state index in [1.165, 1.54) is 6.07 Å². The maximum Gasteiger partial charge on any atom is 0.342 e. The molecule has 0 radical (unpaired) electrons. The molecule has 3 saturated carbocycles. The lowest BCUT2D eigenvalue weighted by molar-refractivity contribution is -0.386. The van der Waals surface area contributed by atoms with Crippen LogP contribution < -0.4 is 0 Å². The third-order valence-corrected chi connectivity index (χ3v) is 10.5. The van der Waals surface area contributed by atoms with Crippen molar-refractivity contribution in [3.8, 4) is 5.75 Å². The Balaban J connectivity index is 1.65. The Kier molecular flexibility index (Phi) is 5.65. The molecule has 0 heterocycles. The van der Waals surface area contributed by atoms with Crippen LogP contribution in [0.1, 0.15) is 87.6 Å². The maximum absolute atomic E-state index is 12.9. The highest BCUT2D eigenvalue weighted by Gasteiger charge is 2.62. The molecular formula is C28H33NO7. The number of allylic oxidation sites excluding steroid dienone is 1. The molecule has 1 aromatic rings. The van der Waals surface area contributed by atoms with E-state index < -0.39 is 33.5 Å². The Labute approximate surface area is 209 Å². The lowest BCUT2D eigenvalue weighted by Crippen LogP contribution is -2.53. The Bertz CT molecular complexity index is 1220. The number of phenols is 1. The molecule has 7 atom stereocenters. The Morgan fingerprint density at radius 3 is 2.47 bits per heavy atom. The van der Waals surface area contributed by atoms with E-state index >= 15 is 0 Å². The van der Waals surface area contributed by atoms with Crippen molar-refractivity contribution in [1.82, 2.24) is 0 Å². The summed E-state index contributed by atoms with van der Waals surface area (Å²) >= 11 is 0. The van der Waals surface area contributed by atoms with Crippen molar-refractivity contribution in [2.45, 2.75) is 71.6 Å². The number of carboxylic acids is 1. The lowest BCUT2D eigenvalue weighted by atomic mass is 9.44. The quantitative estimate of drug-likeness (QED) is 0.420. The van der Waals surface area contributed by atoms with Crippen LogP contribution in [0.3, 0.4) is 0 Å². The SMILES string of the molecule is CC(=O)[C@H]1CC[C@H]2[C@@H]3CCC4=CC(=O)CC(c5cc(O)cc(C(=O)O)c5[N+](=O)[O-])[C@@]4(C)[C@H]3CC[C@]12C. The zero-order chi connectivity index (χ0) is 26.2. The van der Waals surface area contributed by atoms with Crippen molar-refractivity contribution in [3.63, 3.8) is 0 Å². The molecule has 0 aliphatic heterocycles. The number of carboxylic acid groups (broad SMARTS) is 1. The highest BCUT2D eigenvalue weighted by molar-refractivity contribution is 5.95. The van der Waals surface area contributed by atoms with Crippen LogP contribution in [0.15, 0.2) is 23.8 Å². The van der Waals surface area contributed by atoms with Crippen LogP contribution in [0.5, 0.6) is 5.75 Å². The third kappa shape index (κ3) is 3.36. The number of hydrogen-bond acceptors (Lipinski definition) is 6. The van der Waals surface area contributed by atoms with Crippen molar-refractivity contribution in [2.75, 3.05) is 0 Å². The average Bonchev–Trinajstić information content (AvgIpc) is 3.15. The van der Waals surface area contributed by atoms with Gasteiger partial charge in [0, 0.05) is 29.9 Å². The normalized spacial score (nSPS) is 37.4. The molecular weight excluding hydrogens is 462 g/mol. The van der Waals surface area contributed by atoms with Gasteiger partial charge in [-0.1, -0.05) is 19.4 Å². The van der Waals surface area contributed by atoms with Gasteiger partial charge in [0.15, 0.2) is 5.78 Å². The maximum atomic E-state index is 12.9. The Morgan fingerprint density at radius 2 is 1.83 bits per heavy atom. The van der Waals surface area contributed by atoms with Gasteiger partial charge in [0.25, 0.3) is 5.69 Å². The minimum Gasteiger partial charge on any atom is -0.508 e. The number of hydrogen-bond donors (Lipinski definition) is 2. The van der Waals surface area contributed by atoms with Crippen molar-refractivity contribution in [2.24, 2.45) is 34.5 Å². The van der Waals surface area contributed by atoms with E-state index in [1.807, 2.05) is 0 Å². The van der Waals surface area contributed by atoms with Crippen LogP contribution in [0.2, 0.25) is 0 Å². The van der Waals surface area contributed by atoms with E-state index in [4.69, 9.17) is 0 Å². The summed E-state index contributed by atoms with van der Waals surface area (Å²) in [5, 5.41) is 32.2. The Hall–Kier alpha value is -3.03. The highest BCUT2D eigenvalue weighted by atomic mass is 16.6. The molecule has 36 heavy (non-hydrogen) atoms. The van der Waals surface area contributed by atoms with Gasteiger partial charge >= 0.3 is 5.97 Å². The molecule has 4 aliphatic rings. The summed E-state index contributed by atoms with van der Waals surface area (Å²) in [6.07, 6.45) is 6.96. The molecule has 4 aliphatic carbocycles.